The van der Waals surface area contributed by atoms with Crippen molar-refractivity contribution in [1.82, 2.24) is 0 Å². The third-order valence-electron chi connectivity index (χ3n) is 4.15. The van der Waals surface area contributed by atoms with Gasteiger partial charge < -0.3 is 9.47 Å². The topological polar surface area (TPSA) is 18.5 Å². The summed E-state index contributed by atoms with van der Waals surface area (Å²) in [7, 11) is 0. The van der Waals surface area contributed by atoms with Gasteiger partial charge in [-0.3, -0.25) is 0 Å². The van der Waals surface area contributed by atoms with Gasteiger partial charge in [0.1, 0.15) is 12.4 Å². The van der Waals surface area contributed by atoms with E-state index in [9.17, 15) is 8.78 Å². The van der Waals surface area contributed by atoms with Crippen molar-refractivity contribution in [2.75, 3.05) is 6.61 Å². The molecule has 0 saturated carbocycles. The first-order valence-corrected chi connectivity index (χ1v) is 8.00. The largest absolute Gasteiger partial charge is 0.490 e. The Kier molecular flexibility index (Phi) is 4.51. The smallest absolute Gasteiger partial charge is 0.207 e. The Labute approximate surface area is 135 Å². The number of fused-ring (bicyclic) bond motifs is 3. The van der Waals surface area contributed by atoms with Crippen molar-refractivity contribution in [3.8, 4) is 22.6 Å². The van der Waals surface area contributed by atoms with Crippen LogP contribution in [0.2, 0.25) is 0 Å². The average molecular weight is 318 g/mol. The molecule has 23 heavy (non-hydrogen) atoms. The second-order valence-electron chi connectivity index (χ2n) is 5.82. The zero-order chi connectivity index (χ0) is 16.4. The molecule has 0 spiro atoms. The molecule has 4 heteroatoms. The molecular weight excluding hydrogens is 298 g/mol. The molecule has 0 amide bonds. The van der Waals surface area contributed by atoms with Gasteiger partial charge in [0.2, 0.25) is 5.82 Å². The Bertz CT molecular complexity index is 726. The quantitative estimate of drug-likeness (QED) is 0.687. The van der Waals surface area contributed by atoms with Crippen LogP contribution in [0.5, 0.6) is 11.5 Å². The summed E-state index contributed by atoms with van der Waals surface area (Å²) < 4.78 is 39.8. The van der Waals surface area contributed by atoms with E-state index in [1.54, 1.807) is 25.1 Å². The van der Waals surface area contributed by atoms with Crippen LogP contribution in [0.4, 0.5) is 8.78 Å². The van der Waals surface area contributed by atoms with Gasteiger partial charge >= 0.3 is 0 Å². The highest BCUT2D eigenvalue weighted by Gasteiger charge is 2.25. The highest BCUT2D eigenvalue weighted by molar-refractivity contribution is 5.76. The molecule has 0 fully saturated rings. The monoisotopic (exact) mass is 318 g/mol. The first-order chi connectivity index (χ1) is 11.1. The summed E-state index contributed by atoms with van der Waals surface area (Å²) in [6, 6.07) is 6.85. The lowest BCUT2D eigenvalue weighted by atomic mass is 9.94. The van der Waals surface area contributed by atoms with Crippen LogP contribution in [-0.2, 0) is 6.61 Å². The normalized spacial score (nSPS) is 12.3. The van der Waals surface area contributed by atoms with E-state index in [1.807, 2.05) is 6.07 Å². The van der Waals surface area contributed by atoms with Gasteiger partial charge in [0, 0.05) is 11.1 Å². The molecule has 0 bridgehead atoms. The van der Waals surface area contributed by atoms with Crippen LogP contribution in [0.1, 0.15) is 37.3 Å². The van der Waals surface area contributed by atoms with Gasteiger partial charge in [-0.05, 0) is 36.6 Å². The van der Waals surface area contributed by atoms with Gasteiger partial charge in [0.15, 0.2) is 11.5 Å². The number of aryl methyl sites for hydroxylation is 1. The summed E-state index contributed by atoms with van der Waals surface area (Å²) in [6.07, 6.45) is 3.02. The Morgan fingerprint density at radius 1 is 1.04 bits per heavy atom. The molecular formula is C19H20F2O2. The third-order valence-corrected chi connectivity index (χ3v) is 4.15. The molecule has 1 aliphatic heterocycles. The molecule has 1 aliphatic rings. The van der Waals surface area contributed by atoms with E-state index >= 15 is 0 Å². The van der Waals surface area contributed by atoms with E-state index in [1.165, 1.54) is 0 Å². The molecule has 1 heterocycles. The molecule has 2 aromatic rings. The zero-order valence-corrected chi connectivity index (χ0v) is 13.4. The van der Waals surface area contributed by atoms with Gasteiger partial charge in [-0.2, -0.15) is 4.39 Å². The summed E-state index contributed by atoms with van der Waals surface area (Å²) in [6.45, 7) is 4.32. The van der Waals surface area contributed by atoms with Gasteiger partial charge in [-0.25, -0.2) is 4.39 Å². The summed E-state index contributed by atoms with van der Waals surface area (Å²) in [5.41, 5.74) is 2.30. The van der Waals surface area contributed by atoms with Crippen LogP contribution in [0.3, 0.4) is 0 Å². The van der Waals surface area contributed by atoms with Crippen LogP contribution in [-0.4, -0.2) is 6.61 Å². The summed E-state index contributed by atoms with van der Waals surface area (Å²) in [5.74, 6) is -0.455. The SMILES string of the molecule is CCCCCOc1ccc2c(c1F)OCc1c-2ccc(C)c1F. The second-order valence-corrected chi connectivity index (χ2v) is 5.82. The molecule has 0 aliphatic carbocycles. The van der Waals surface area contributed by atoms with E-state index in [4.69, 9.17) is 9.47 Å². The van der Waals surface area contributed by atoms with E-state index in [0.717, 1.165) is 19.3 Å². The lowest BCUT2D eigenvalue weighted by molar-refractivity contribution is 0.259. The van der Waals surface area contributed by atoms with Gasteiger partial charge in [0.05, 0.1) is 6.61 Å². The van der Waals surface area contributed by atoms with Crippen LogP contribution in [0.25, 0.3) is 11.1 Å². The van der Waals surface area contributed by atoms with Crippen molar-refractivity contribution in [2.24, 2.45) is 0 Å². The number of rotatable bonds is 5. The highest BCUT2D eigenvalue weighted by atomic mass is 19.1. The van der Waals surface area contributed by atoms with E-state index < -0.39 is 5.82 Å². The zero-order valence-electron chi connectivity index (χ0n) is 13.4. The third kappa shape index (κ3) is 2.90. The fraction of sp³-hybridized carbons (Fsp3) is 0.368. The summed E-state index contributed by atoms with van der Waals surface area (Å²) >= 11 is 0. The van der Waals surface area contributed by atoms with Crippen molar-refractivity contribution >= 4 is 0 Å². The van der Waals surface area contributed by atoms with E-state index in [2.05, 4.69) is 6.92 Å². The van der Waals surface area contributed by atoms with E-state index in [-0.39, 0.29) is 23.9 Å². The first-order valence-electron chi connectivity index (χ1n) is 8.00. The van der Waals surface area contributed by atoms with Crippen LogP contribution in [0, 0.1) is 18.6 Å². The van der Waals surface area contributed by atoms with Crippen molar-refractivity contribution in [1.29, 1.82) is 0 Å². The fourth-order valence-electron chi connectivity index (χ4n) is 2.81. The van der Waals surface area contributed by atoms with Gasteiger partial charge in [0.25, 0.3) is 0 Å². The maximum absolute atomic E-state index is 14.6. The van der Waals surface area contributed by atoms with Crippen molar-refractivity contribution in [3.05, 3.63) is 47.0 Å². The first kappa shape index (κ1) is 15.8. The van der Waals surface area contributed by atoms with Crippen LogP contribution < -0.4 is 9.47 Å². The van der Waals surface area contributed by atoms with Crippen molar-refractivity contribution in [2.45, 2.75) is 39.7 Å². The molecule has 0 N–H and O–H groups in total. The lowest BCUT2D eigenvalue weighted by Gasteiger charge is -2.23. The molecule has 0 unspecified atom stereocenters. The van der Waals surface area contributed by atoms with Gasteiger partial charge in [-0.1, -0.05) is 31.9 Å². The van der Waals surface area contributed by atoms with Crippen LogP contribution >= 0.6 is 0 Å². The number of halogens is 2. The van der Waals surface area contributed by atoms with Crippen molar-refractivity contribution < 1.29 is 18.3 Å². The van der Waals surface area contributed by atoms with Crippen LogP contribution in [0.15, 0.2) is 24.3 Å². The Balaban J connectivity index is 1.92. The number of benzene rings is 2. The fourth-order valence-corrected chi connectivity index (χ4v) is 2.81. The number of hydrogen-bond acceptors (Lipinski definition) is 2. The van der Waals surface area contributed by atoms with Gasteiger partial charge in [-0.15, -0.1) is 0 Å². The minimum absolute atomic E-state index is 0.0338. The number of unbranched alkanes of at least 4 members (excludes halogenated alkanes) is 2. The second kappa shape index (κ2) is 6.57. The predicted octanol–water partition coefficient (Wildman–Crippen LogP) is 5.40. The summed E-state index contributed by atoms with van der Waals surface area (Å²) in [4.78, 5) is 0. The average Bonchev–Trinajstić information content (AvgIpc) is 2.56. The maximum Gasteiger partial charge on any atom is 0.207 e. The van der Waals surface area contributed by atoms with Crippen molar-refractivity contribution in [3.63, 3.8) is 0 Å². The molecule has 0 saturated heterocycles. The summed E-state index contributed by atoms with van der Waals surface area (Å²) in [5, 5.41) is 0. The molecule has 0 atom stereocenters. The predicted molar refractivity (Wildman–Crippen MR) is 85.9 cm³/mol. The van der Waals surface area contributed by atoms with E-state index in [0.29, 0.717) is 28.9 Å². The highest BCUT2D eigenvalue weighted by Crippen LogP contribution is 2.43. The standard InChI is InChI=1S/C19H20F2O2/c1-3-4-5-10-22-16-9-8-14-13-7-6-12(2)17(20)15(13)11-23-19(14)18(16)21/h6-9H,3-5,10-11H2,1-2H3. The minimum atomic E-state index is -0.509. The number of hydrogen-bond donors (Lipinski definition) is 0. The number of ether oxygens (including phenoxy) is 2. The molecule has 2 nitrogen and oxygen atoms in total. The Hall–Kier alpha value is -2.10. The maximum atomic E-state index is 14.6. The molecule has 3 rings (SSSR count). The molecule has 2 aromatic carbocycles. The molecule has 122 valence electrons. The molecule has 0 aromatic heterocycles. The lowest BCUT2D eigenvalue weighted by Crippen LogP contribution is -2.11. The molecule has 0 radical (unpaired) electrons. The Morgan fingerprint density at radius 2 is 1.83 bits per heavy atom. The minimum Gasteiger partial charge on any atom is -0.490 e. The Morgan fingerprint density at radius 3 is 2.61 bits per heavy atom.